The van der Waals surface area contributed by atoms with Crippen LogP contribution in [-0.4, -0.2) is 32.3 Å². The number of hydrogen-bond acceptors (Lipinski definition) is 3. The number of aromatic amines is 1. The lowest BCUT2D eigenvalue weighted by Crippen LogP contribution is -2.38. The van der Waals surface area contributed by atoms with E-state index in [1.165, 1.54) is 0 Å². The number of hydrogen-bond donors (Lipinski definition) is 1. The molecule has 0 spiro atoms. The number of likely N-dealkylation sites (tertiary alicyclic amines) is 1. The summed E-state index contributed by atoms with van der Waals surface area (Å²) in [4.78, 5) is 26.8. The van der Waals surface area contributed by atoms with Crippen LogP contribution in [-0.2, 0) is 0 Å². The van der Waals surface area contributed by atoms with Crippen LogP contribution in [0, 0.1) is 0 Å². The van der Waals surface area contributed by atoms with Crippen molar-refractivity contribution in [3.8, 4) is 11.4 Å². The second-order valence-electron chi connectivity index (χ2n) is 6.32. The lowest BCUT2D eigenvalue weighted by Gasteiger charge is -2.36. The Morgan fingerprint density at radius 3 is 2.92 bits per heavy atom. The number of H-pyrrole nitrogens is 1. The number of nitrogens with zero attached hydrogens (tertiary/aromatic N) is 3. The molecule has 1 aromatic carbocycles. The standard InChI is InChI=1S/C20H20N4O/c25-20(16-6-3-5-15(13-16)19-22-10-11-23-19)24-12-2-1-8-18(24)17-7-4-9-21-14-17/h3-7,9-11,13-14,18H,1-2,8,12H2,(H,22,23)/t18-/m1/s1. The van der Waals surface area contributed by atoms with Crippen LogP contribution < -0.4 is 0 Å². The number of carbonyl (C=O) groups excluding carboxylic acids is 1. The largest absolute Gasteiger partial charge is 0.345 e. The highest BCUT2D eigenvalue weighted by Crippen LogP contribution is 2.32. The van der Waals surface area contributed by atoms with Crippen molar-refractivity contribution in [3.05, 3.63) is 72.3 Å². The maximum atomic E-state index is 13.2. The summed E-state index contributed by atoms with van der Waals surface area (Å²) in [6.45, 7) is 0.781. The summed E-state index contributed by atoms with van der Waals surface area (Å²) in [6, 6.07) is 11.8. The van der Waals surface area contributed by atoms with E-state index in [0.717, 1.165) is 42.8 Å². The number of carbonyl (C=O) groups is 1. The Bertz CT molecular complexity index is 845. The first-order valence-electron chi connectivity index (χ1n) is 8.63. The van der Waals surface area contributed by atoms with E-state index in [2.05, 4.69) is 21.0 Å². The molecule has 5 heteroatoms. The lowest BCUT2D eigenvalue weighted by molar-refractivity contribution is 0.0611. The summed E-state index contributed by atoms with van der Waals surface area (Å²) in [5.41, 5.74) is 2.73. The molecule has 0 radical (unpaired) electrons. The molecule has 3 heterocycles. The second-order valence-corrected chi connectivity index (χ2v) is 6.32. The highest BCUT2D eigenvalue weighted by Gasteiger charge is 2.28. The van der Waals surface area contributed by atoms with Gasteiger partial charge >= 0.3 is 0 Å². The van der Waals surface area contributed by atoms with Crippen LogP contribution in [0.4, 0.5) is 0 Å². The minimum atomic E-state index is 0.0713. The van der Waals surface area contributed by atoms with E-state index in [0.29, 0.717) is 5.56 Å². The SMILES string of the molecule is O=C(c1cccc(-c2ncc[nH]2)c1)N1CCCC[C@@H]1c1cccnc1. The van der Waals surface area contributed by atoms with E-state index in [9.17, 15) is 4.79 Å². The van der Waals surface area contributed by atoms with Gasteiger partial charge in [0.1, 0.15) is 5.82 Å². The van der Waals surface area contributed by atoms with Crippen molar-refractivity contribution in [2.75, 3.05) is 6.54 Å². The van der Waals surface area contributed by atoms with Gasteiger partial charge in [-0.2, -0.15) is 0 Å². The molecule has 5 nitrogen and oxygen atoms in total. The Morgan fingerprint density at radius 2 is 2.12 bits per heavy atom. The lowest BCUT2D eigenvalue weighted by atomic mass is 9.95. The van der Waals surface area contributed by atoms with Crippen LogP contribution in [0.1, 0.15) is 41.2 Å². The Hall–Kier alpha value is -2.95. The highest BCUT2D eigenvalue weighted by atomic mass is 16.2. The van der Waals surface area contributed by atoms with E-state index in [-0.39, 0.29) is 11.9 Å². The predicted molar refractivity (Wildman–Crippen MR) is 95.9 cm³/mol. The van der Waals surface area contributed by atoms with E-state index in [1.54, 1.807) is 18.6 Å². The zero-order chi connectivity index (χ0) is 17.1. The van der Waals surface area contributed by atoms with Gasteiger partial charge in [-0.05, 0) is 43.0 Å². The Morgan fingerprint density at radius 1 is 1.16 bits per heavy atom. The molecule has 25 heavy (non-hydrogen) atoms. The minimum Gasteiger partial charge on any atom is -0.345 e. The van der Waals surface area contributed by atoms with Gasteiger partial charge in [-0.1, -0.05) is 18.2 Å². The molecule has 1 saturated heterocycles. The fourth-order valence-electron chi connectivity index (χ4n) is 3.48. The van der Waals surface area contributed by atoms with E-state index in [4.69, 9.17) is 0 Å². The molecule has 1 aliphatic heterocycles. The van der Waals surface area contributed by atoms with Crippen molar-refractivity contribution in [2.24, 2.45) is 0 Å². The van der Waals surface area contributed by atoms with Crippen molar-refractivity contribution >= 4 is 5.91 Å². The Labute approximate surface area is 146 Å². The highest BCUT2D eigenvalue weighted by molar-refractivity contribution is 5.95. The molecule has 1 amide bonds. The monoisotopic (exact) mass is 332 g/mol. The summed E-state index contributed by atoms with van der Waals surface area (Å²) in [7, 11) is 0. The third-order valence-corrected chi connectivity index (χ3v) is 4.71. The summed E-state index contributed by atoms with van der Waals surface area (Å²) in [6.07, 6.45) is 10.3. The van der Waals surface area contributed by atoms with Gasteiger partial charge in [-0.25, -0.2) is 4.98 Å². The van der Waals surface area contributed by atoms with Gasteiger partial charge in [-0.3, -0.25) is 9.78 Å². The molecule has 126 valence electrons. The Balaban J connectivity index is 1.64. The van der Waals surface area contributed by atoms with Gasteiger partial charge in [0.25, 0.3) is 5.91 Å². The third-order valence-electron chi connectivity index (χ3n) is 4.71. The van der Waals surface area contributed by atoms with Gasteiger partial charge < -0.3 is 9.88 Å². The number of piperidine rings is 1. The number of pyridine rings is 1. The predicted octanol–water partition coefficient (Wildman–Crippen LogP) is 3.84. The summed E-state index contributed by atoms with van der Waals surface area (Å²) >= 11 is 0. The fraction of sp³-hybridized carbons (Fsp3) is 0.250. The van der Waals surface area contributed by atoms with Crippen molar-refractivity contribution in [1.82, 2.24) is 19.9 Å². The summed E-state index contributed by atoms with van der Waals surface area (Å²) in [5, 5.41) is 0. The van der Waals surface area contributed by atoms with Crippen molar-refractivity contribution in [3.63, 3.8) is 0 Å². The minimum absolute atomic E-state index is 0.0713. The first-order chi connectivity index (χ1) is 12.3. The van der Waals surface area contributed by atoms with Crippen LogP contribution in [0.25, 0.3) is 11.4 Å². The second kappa shape index (κ2) is 6.89. The van der Waals surface area contributed by atoms with Gasteiger partial charge in [0.05, 0.1) is 6.04 Å². The smallest absolute Gasteiger partial charge is 0.254 e. The van der Waals surface area contributed by atoms with Crippen LogP contribution in [0.15, 0.2) is 61.2 Å². The molecule has 2 aromatic heterocycles. The molecule has 1 aliphatic rings. The number of amides is 1. The molecule has 1 N–H and O–H groups in total. The fourth-order valence-corrected chi connectivity index (χ4v) is 3.48. The Kier molecular flexibility index (Phi) is 4.29. The number of imidazole rings is 1. The molecule has 1 fully saturated rings. The molecule has 0 bridgehead atoms. The van der Waals surface area contributed by atoms with Crippen molar-refractivity contribution < 1.29 is 4.79 Å². The molecule has 0 aliphatic carbocycles. The normalized spacial score (nSPS) is 17.4. The van der Waals surface area contributed by atoms with Gasteiger partial charge in [0.2, 0.25) is 0 Å². The molecule has 0 saturated carbocycles. The number of nitrogens with one attached hydrogen (secondary N) is 1. The quantitative estimate of drug-likeness (QED) is 0.792. The molecule has 0 unspecified atom stereocenters. The molecule has 3 aromatic rings. The van der Waals surface area contributed by atoms with Gasteiger partial charge in [-0.15, -0.1) is 0 Å². The van der Waals surface area contributed by atoms with Crippen LogP contribution >= 0.6 is 0 Å². The molecule has 1 atom stereocenters. The van der Waals surface area contributed by atoms with E-state index < -0.39 is 0 Å². The molecule has 4 rings (SSSR count). The van der Waals surface area contributed by atoms with E-state index >= 15 is 0 Å². The third kappa shape index (κ3) is 3.18. The first kappa shape index (κ1) is 15.6. The maximum Gasteiger partial charge on any atom is 0.254 e. The summed E-state index contributed by atoms with van der Waals surface area (Å²) < 4.78 is 0. The number of aromatic nitrogens is 3. The molecular weight excluding hydrogens is 312 g/mol. The molecular formula is C20H20N4O. The summed E-state index contributed by atoms with van der Waals surface area (Å²) in [5.74, 6) is 0.846. The maximum absolute atomic E-state index is 13.2. The number of rotatable bonds is 3. The first-order valence-corrected chi connectivity index (χ1v) is 8.63. The van der Waals surface area contributed by atoms with Gasteiger partial charge in [0, 0.05) is 42.5 Å². The van der Waals surface area contributed by atoms with Crippen molar-refractivity contribution in [2.45, 2.75) is 25.3 Å². The van der Waals surface area contributed by atoms with Crippen LogP contribution in [0.5, 0.6) is 0 Å². The zero-order valence-corrected chi connectivity index (χ0v) is 13.9. The van der Waals surface area contributed by atoms with Gasteiger partial charge in [0.15, 0.2) is 0 Å². The van der Waals surface area contributed by atoms with Crippen molar-refractivity contribution in [1.29, 1.82) is 0 Å². The number of benzene rings is 1. The van der Waals surface area contributed by atoms with Crippen LogP contribution in [0.2, 0.25) is 0 Å². The topological polar surface area (TPSA) is 61.9 Å². The van der Waals surface area contributed by atoms with Crippen LogP contribution in [0.3, 0.4) is 0 Å². The zero-order valence-electron chi connectivity index (χ0n) is 13.9. The average Bonchev–Trinajstić information content (AvgIpc) is 3.23. The van der Waals surface area contributed by atoms with E-state index in [1.807, 2.05) is 41.4 Å². The average molecular weight is 332 g/mol.